The van der Waals surface area contributed by atoms with Crippen LogP contribution in [0, 0.1) is 5.92 Å². The van der Waals surface area contributed by atoms with Gasteiger partial charge < -0.3 is 4.90 Å². The highest BCUT2D eigenvalue weighted by Gasteiger charge is 2.44. The van der Waals surface area contributed by atoms with Gasteiger partial charge in [0, 0.05) is 44.1 Å². The van der Waals surface area contributed by atoms with Crippen molar-refractivity contribution >= 4 is 5.91 Å². The van der Waals surface area contributed by atoms with Crippen molar-refractivity contribution in [3.8, 4) is 0 Å². The van der Waals surface area contributed by atoms with E-state index in [1.165, 1.54) is 0 Å². The van der Waals surface area contributed by atoms with Gasteiger partial charge in [-0.2, -0.15) is 0 Å². The Balaban J connectivity index is 1.71. The van der Waals surface area contributed by atoms with Crippen LogP contribution in [0.1, 0.15) is 37.2 Å². The summed E-state index contributed by atoms with van der Waals surface area (Å²) in [5.74, 6) is 0.718. The number of rotatable bonds is 3. The van der Waals surface area contributed by atoms with Crippen LogP contribution < -0.4 is 0 Å². The van der Waals surface area contributed by atoms with Crippen molar-refractivity contribution in [3.63, 3.8) is 0 Å². The number of aromatic nitrogens is 2. The molecule has 0 spiro atoms. The van der Waals surface area contributed by atoms with Crippen molar-refractivity contribution in [3.05, 3.63) is 24.3 Å². The van der Waals surface area contributed by atoms with Crippen LogP contribution in [0.25, 0.3) is 0 Å². The lowest BCUT2D eigenvalue weighted by atomic mass is 10.1. The van der Waals surface area contributed by atoms with E-state index in [4.69, 9.17) is 0 Å². The van der Waals surface area contributed by atoms with Crippen molar-refractivity contribution in [1.82, 2.24) is 19.8 Å². The van der Waals surface area contributed by atoms with Crippen LogP contribution in [0.4, 0.5) is 0 Å². The van der Waals surface area contributed by atoms with E-state index in [1.807, 2.05) is 4.90 Å². The maximum absolute atomic E-state index is 12.5. The van der Waals surface area contributed by atoms with E-state index in [1.54, 1.807) is 18.6 Å². The number of hydrogen-bond acceptors (Lipinski definition) is 4. The molecule has 0 aliphatic carbocycles. The van der Waals surface area contributed by atoms with Crippen molar-refractivity contribution in [1.29, 1.82) is 0 Å². The molecule has 0 saturated carbocycles. The number of fused-ring (bicyclic) bond motifs is 1. The summed E-state index contributed by atoms with van der Waals surface area (Å²) in [5, 5.41) is 0. The van der Waals surface area contributed by atoms with E-state index in [0.29, 0.717) is 23.7 Å². The van der Waals surface area contributed by atoms with Gasteiger partial charge in [-0.05, 0) is 18.8 Å². The van der Waals surface area contributed by atoms with Crippen molar-refractivity contribution in [2.75, 3.05) is 19.6 Å². The molecule has 2 saturated heterocycles. The summed E-state index contributed by atoms with van der Waals surface area (Å²) in [6, 6.07) is 0.904. The van der Waals surface area contributed by atoms with Gasteiger partial charge in [-0.1, -0.05) is 13.8 Å². The molecule has 3 rings (SSSR count). The van der Waals surface area contributed by atoms with Gasteiger partial charge in [0.25, 0.3) is 5.91 Å². The number of likely N-dealkylation sites (tertiary alicyclic amines) is 2. The Hall–Kier alpha value is -1.49. The van der Waals surface area contributed by atoms with Crippen LogP contribution in [0.5, 0.6) is 0 Å². The quantitative estimate of drug-likeness (QED) is 0.836. The van der Waals surface area contributed by atoms with Gasteiger partial charge in [-0.25, -0.2) is 4.98 Å². The highest BCUT2D eigenvalue weighted by atomic mass is 16.2. The Morgan fingerprint density at radius 2 is 2.10 bits per heavy atom. The zero-order chi connectivity index (χ0) is 14.1. The normalized spacial score (nSPS) is 26.2. The monoisotopic (exact) mass is 274 g/mol. The molecule has 108 valence electrons. The third-order valence-electron chi connectivity index (χ3n) is 4.33. The number of nitrogens with zero attached hydrogens (tertiary/aromatic N) is 4. The van der Waals surface area contributed by atoms with Crippen LogP contribution in [0.15, 0.2) is 18.6 Å². The summed E-state index contributed by atoms with van der Waals surface area (Å²) in [6.45, 7) is 7.60. The number of carbonyl (C=O) groups excluding carboxylic acids is 1. The molecule has 0 radical (unpaired) electrons. The summed E-state index contributed by atoms with van der Waals surface area (Å²) >= 11 is 0. The molecule has 0 aromatic carbocycles. The zero-order valence-corrected chi connectivity index (χ0v) is 12.2. The molecule has 0 unspecified atom stereocenters. The minimum atomic E-state index is 0.0389. The van der Waals surface area contributed by atoms with E-state index in [0.717, 1.165) is 32.5 Å². The SMILES string of the molecule is CC(C)CN1CC[C@@H]2[C@@H]1CCN2C(=O)c1cnccn1. The lowest BCUT2D eigenvalue weighted by molar-refractivity contribution is 0.0725. The number of amides is 1. The largest absolute Gasteiger partial charge is 0.333 e. The average molecular weight is 274 g/mol. The molecule has 2 aliphatic heterocycles. The molecular formula is C15H22N4O. The van der Waals surface area contributed by atoms with Gasteiger partial charge in [-0.15, -0.1) is 0 Å². The number of hydrogen-bond donors (Lipinski definition) is 0. The fourth-order valence-electron chi connectivity index (χ4n) is 3.58. The first-order valence-electron chi connectivity index (χ1n) is 7.48. The number of carbonyl (C=O) groups is 1. The Morgan fingerprint density at radius 1 is 1.30 bits per heavy atom. The molecule has 5 heteroatoms. The molecule has 2 atom stereocenters. The molecule has 0 bridgehead atoms. The van der Waals surface area contributed by atoms with E-state index in [-0.39, 0.29) is 5.91 Å². The molecule has 1 aromatic heterocycles. The van der Waals surface area contributed by atoms with Gasteiger partial charge in [-0.3, -0.25) is 14.7 Å². The predicted octanol–water partition coefficient (Wildman–Crippen LogP) is 1.42. The summed E-state index contributed by atoms with van der Waals surface area (Å²) in [7, 11) is 0. The summed E-state index contributed by atoms with van der Waals surface area (Å²) < 4.78 is 0. The van der Waals surface area contributed by atoms with Crippen LogP contribution in [0.2, 0.25) is 0 Å². The summed E-state index contributed by atoms with van der Waals surface area (Å²) in [6.07, 6.45) is 6.92. The van der Waals surface area contributed by atoms with Crippen LogP contribution in [-0.2, 0) is 0 Å². The summed E-state index contributed by atoms with van der Waals surface area (Å²) in [5.41, 5.74) is 0.468. The molecule has 2 aliphatic rings. The van der Waals surface area contributed by atoms with Gasteiger partial charge in [0.1, 0.15) is 5.69 Å². The first-order valence-corrected chi connectivity index (χ1v) is 7.48. The molecule has 20 heavy (non-hydrogen) atoms. The van der Waals surface area contributed by atoms with Gasteiger partial charge >= 0.3 is 0 Å². The van der Waals surface area contributed by atoms with Gasteiger partial charge in [0.2, 0.25) is 0 Å². The first kappa shape index (κ1) is 13.5. The van der Waals surface area contributed by atoms with E-state index >= 15 is 0 Å². The second kappa shape index (κ2) is 5.48. The standard InChI is InChI=1S/C15H22N4O/c1-11(2)10-18-7-3-14-13(18)4-8-19(14)15(20)12-9-16-5-6-17-12/h5-6,9,11,13-14H,3-4,7-8,10H2,1-2H3/t13-,14+/m0/s1. The maximum Gasteiger partial charge on any atom is 0.274 e. The maximum atomic E-state index is 12.5. The Bertz CT molecular complexity index is 476. The molecule has 3 heterocycles. The van der Waals surface area contributed by atoms with Gasteiger partial charge in [0.15, 0.2) is 0 Å². The second-order valence-corrected chi connectivity index (χ2v) is 6.19. The molecular weight excluding hydrogens is 252 g/mol. The fraction of sp³-hybridized carbons (Fsp3) is 0.667. The Kier molecular flexibility index (Phi) is 3.70. The highest BCUT2D eigenvalue weighted by molar-refractivity contribution is 5.92. The zero-order valence-electron chi connectivity index (χ0n) is 12.2. The molecule has 2 fully saturated rings. The Labute approximate surface area is 120 Å². The molecule has 0 N–H and O–H groups in total. The first-order chi connectivity index (χ1) is 9.66. The molecule has 1 aromatic rings. The van der Waals surface area contributed by atoms with Crippen LogP contribution in [0.3, 0.4) is 0 Å². The van der Waals surface area contributed by atoms with Crippen molar-refractivity contribution in [2.45, 2.75) is 38.8 Å². The highest BCUT2D eigenvalue weighted by Crippen LogP contribution is 2.32. The fourth-order valence-corrected chi connectivity index (χ4v) is 3.58. The Morgan fingerprint density at radius 3 is 2.80 bits per heavy atom. The van der Waals surface area contributed by atoms with Crippen LogP contribution >= 0.6 is 0 Å². The lowest BCUT2D eigenvalue weighted by Gasteiger charge is -2.26. The van der Waals surface area contributed by atoms with E-state index in [9.17, 15) is 4.79 Å². The molecule has 5 nitrogen and oxygen atoms in total. The third-order valence-corrected chi connectivity index (χ3v) is 4.33. The second-order valence-electron chi connectivity index (χ2n) is 6.19. The average Bonchev–Trinajstić information content (AvgIpc) is 3.02. The minimum absolute atomic E-state index is 0.0389. The smallest absolute Gasteiger partial charge is 0.274 e. The van der Waals surface area contributed by atoms with Gasteiger partial charge in [0.05, 0.1) is 6.20 Å². The van der Waals surface area contributed by atoms with E-state index < -0.39 is 0 Å². The summed E-state index contributed by atoms with van der Waals surface area (Å²) in [4.78, 5) is 25.2. The van der Waals surface area contributed by atoms with Crippen molar-refractivity contribution < 1.29 is 4.79 Å². The topological polar surface area (TPSA) is 49.3 Å². The minimum Gasteiger partial charge on any atom is -0.333 e. The predicted molar refractivity (Wildman–Crippen MR) is 76.3 cm³/mol. The van der Waals surface area contributed by atoms with Crippen LogP contribution in [-0.4, -0.2) is 57.4 Å². The molecule has 1 amide bonds. The third kappa shape index (κ3) is 2.42. The van der Waals surface area contributed by atoms with E-state index in [2.05, 4.69) is 28.7 Å². The lowest BCUT2D eigenvalue weighted by Crippen LogP contribution is -2.40. The van der Waals surface area contributed by atoms with Crippen molar-refractivity contribution in [2.24, 2.45) is 5.92 Å².